The van der Waals surface area contributed by atoms with Crippen molar-refractivity contribution in [1.82, 2.24) is 19.9 Å². The largest absolute Gasteiger partial charge is 0.478 e. The molecule has 3 aromatic heterocycles. The normalized spacial score (nSPS) is 10.7. The van der Waals surface area contributed by atoms with E-state index in [1.807, 2.05) is 55.9 Å². The van der Waals surface area contributed by atoms with Crippen molar-refractivity contribution in [2.75, 3.05) is 12.9 Å². The molecule has 30 heavy (non-hydrogen) atoms. The van der Waals surface area contributed by atoms with Crippen LogP contribution in [0.25, 0.3) is 22.4 Å². The highest BCUT2D eigenvalue weighted by Gasteiger charge is 2.09. The van der Waals surface area contributed by atoms with Gasteiger partial charge in [-0.05, 0) is 42.5 Å². The molecule has 0 bridgehead atoms. The van der Waals surface area contributed by atoms with Crippen molar-refractivity contribution >= 4 is 11.8 Å². The molecule has 0 unspecified atom stereocenters. The molecule has 5 nitrogen and oxygen atoms in total. The molecule has 0 aliphatic carbocycles. The number of aromatic nitrogens is 4. The van der Waals surface area contributed by atoms with Crippen LogP contribution < -0.4 is 4.74 Å². The first-order valence-corrected chi connectivity index (χ1v) is 11.0. The second-order valence-electron chi connectivity index (χ2n) is 6.62. The smallest absolute Gasteiger partial charge is 0.213 e. The molecule has 0 aliphatic rings. The molecule has 0 atom stereocenters. The van der Waals surface area contributed by atoms with Crippen LogP contribution in [0, 0.1) is 0 Å². The lowest BCUT2D eigenvalue weighted by atomic mass is 9.98. The zero-order valence-electron chi connectivity index (χ0n) is 16.9. The molecule has 4 rings (SSSR count). The second kappa shape index (κ2) is 9.50. The summed E-state index contributed by atoms with van der Waals surface area (Å²) in [6, 6.07) is 18.3. The maximum Gasteiger partial charge on any atom is 0.213 e. The summed E-state index contributed by atoms with van der Waals surface area (Å²) in [4.78, 5) is 18.0. The zero-order valence-corrected chi connectivity index (χ0v) is 17.8. The number of hydrogen-bond donors (Lipinski definition) is 0. The Morgan fingerprint density at radius 2 is 1.63 bits per heavy atom. The van der Waals surface area contributed by atoms with E-state index < -0.39 is 0 Å². The van der Waals surface area contributed by atoms with E-state index in [9.17, 15) is 0 Å². The second-order valence-corrected chi connectivity index (χ2v) is 7.40. The summed E-state index contributed by atoms with van der Waals surface area (Å²) in [6.07, 6.45) is 8.26. The number of hydrogen-bond acceptors (Lipinski definition) is 6. The third kappa shape index (κ3) is 4.66. The monoisotopic (exact) mass is 414 g/mol. The van der Waals surface area contributed by atoms with Crippen LogP contribution in [-0.2, 0) is 6.42 Å². The molecule has 3 heterocycles. The lowest BCUT2D eigenvalue weighted by molar-refractivity contribution is 0.327. The summed E-state index contributed by atoms with van der Waals surface area (Å²) in [6.45, 7) is 2.55. The van der Waals surface area contributed by atoms with Crippen LogP contribution >= 0.6 is 11.8 Å². The van der Waals surface area contributed by atoms with E-state index in [0.29, 0.717) is 12.5 Å². The maximum atomic E-state index is 5.43. The molecule has 0 radical (unpaired) electrons. The minimum Gasteiger partial charge on any atom is -0.478 e. The van der Waals surface area contributed by atoms with E-state index in [1.54, 1.807) is 6.20 Å². The number of nitrogens with zero attached hydrogens (tertiary/aromatic N) is 4. The van der Waals surface area contributed by atoms with Crippen molar-refractivity contribution in [2.24, 2.45) is 0 Å². The van der Waals surface area contributed by atoms with E-state index in [-0.39, 0.29) is 0 Å². The fourth-order valence-corrected chi connectivity index (χ4v) is 3.53. The van der Waals surface area contributed by atoms with E-state index >= 15 is 0 Å². The Hall–Kier alpha value is -3.25. The van der Waals surface area contributed by atoms with Gasteiger partial charge in [0, 0.05) is 47.9 Å². The van der Waals surface area contributed by atoms with Gasteiger partial charge < -0.3 is 4.74 Å². The van der Waals surface area contributed by atoms with Crippen LogP contribution in [0.1, 0.15) is 18.2 Å². The van der Waals surface area contributed by atoms with Gasteiger partial charge in [-0.15, -0.1) is 0 Å². The van der Waals surface area contributed by atoms with Gasteiger partial charge in [0.15, 0.2) is 5.16 Å². The molecule has 150 valence electrons. The number of benzene rings is 1. The van der Waals surface area contributed by atoms with Gasteiger partial charge in [0.25, 0.3) is 0 Å². The van der Waals surface area contributed by atoms with Crippen molar-refractivity contribution in [3.05, 3.63) is 84.4 Å². The van der Waals surface area contributed by atoms with Crippen LogP contribution in [0.4, 0.5) is 0 Å². The Kier molecular flexibility index (Phi) is 6.35. The molecule has 1 aromatic carbocycles. The van der Waals surface area contributed by atoms with Crippen LogP contribution in [0.5, 0.6) is 5.88 Å². The van der Waals surface area contributed by atoms with Crippen molar-refractivity contribution in [3.8, 4) is 28.3 Å². The molecule has 0 N–H and O–H groups in total. The highest BCUT2D eigenvalue weighted by molar-refractivity contribution is 7.98. The maximum absolute atomic E-state index is 5.43. The van der Waals surface area contributed by atoms with Gasteiger partial charge in [0.05, 0.1) is 12.3 Å². The molecular weight excluding hydrogens is 392 g/mol. The predicted molar refractivity (Wildman–Crippen MR) is 121 cm³/mol. The molecule has 0 aliphatic heterocycles. The summed E-state index contributed by atoms with van der Waals surface area (Å²) in [7, 11) is 0. The van der Waals surface area contributed by atoms with Crippen LogP contribution in [0.15, 0.2) is 78.3 Å². The van der Waals surface area contributed by atoms with Crippen molar-refractivity contribution in [3.63, 3.8) is 0 Å². The first-order valence-electron chi connectivity index (χ1n) is 9.76. The van der Waals surface area contributed by atoms with Gasteiger partial charge in [-0.1, -0.05) is 42.1 Å². The Morgan fingerprint density at radius 1 is 0.833 bits per heavy atom. The predicted octanol–water partition coefficient (Wildman–Crippen LogP) is 5.31. The Balaban J connectivity index is 1.60. The topological polar surface area (TPSA) is 60.8 Å². The molecule has 4 aromatic rings. The van der Waals surface area contributed by atoms with Crippen LogP contribution in [0.2, 0.25) is 0 Å². The third-order valence-corrected chi connectivity index (χ3v) is 5.22. The van der Waals surface area contributed by atoms with Gasteiger partial charge >= 0.3 is 0 Å². The number of pyridine rings is 2. The first kappa shape index (κ1) is 20.0. The van der Waals surface area contributed by atoms with Gasteiger partial charge in [-0.25, -0.2) is 15.0 Å². The number of rotatable bonds is 7. The molecule has 0 saturated carbocycles. The quantitative estimate of drug-likeness (QED) is 0.302. The Morgan fingerprint density at radius 3 is 2.37 bits per heavy atom. The third-order valence-electron chi connectivity index (χ3n) is 4.64. The number of thioether (sulfide) groups is 1. The highest BCUT2D eigenvalue weighted by Crippen LogP contribution is 2.26. The number of ether oxygens (including phenoxy) is 1. The van der Waals surface area contributed by atoms with E-state index in [0.717, 1.165) is 39.7 Å². The standard InChI is InChI=1S/C24H22N4OS/c1-3-29-23-12-11-18(14-25-23)22-10-6-8-20(28-22)13-17-7-4-5-9-21(17)19-15-26-24(30-2)27-16-19/h4-12,14-16H,3,13H2,1-2H3. The van der Waals surface area contributed by atoms with E-state index in [2.05, 4.69) is 39.2 Å². The first-order chi connectivity index (χ1) is 14.8. The van der Waals surface area contributed by atoms with Crippen molar-refractivity contribution < 1.29 is 4.74 Å². The van der Waals surface area contributed by atoms with Crippen LogP contribution in [0.3, 0.4) is 0 Å². The summed E-state index contributed by atoms with van der Waals surface area (Å²) in [5.41, 5.74) is 6.18. The zero-order chi connectivity index (χ0) is 20.8. The fourth-order valence-electron chi connectivity index (χ4n) is 3.22. The van der Waals surface area contributed by atoms with Gasteiger partial charge in [0.1, 0.15) is 0 Å². The summed E-state index contributed by atoms with van der Waals surface area (Å²) < 4.78 is 5.43. The molecule has 0 saturated heterocycles. The lowest BCUT2D eigenvalue weighted by Gasteiger charge is -2.10. The minimum absolute atomic E-state index is 0.602. The average molecular weight is 415 g/mol. The van der Waals surface area contributed by atoms with Gasteiger partial charge in [-0.2, -0.15) is 0 Å². The fraction of sp³-hybridized carbons (Fsp3) is 0.167. The Bertz CT molecular complexity index is 1110. The van der Waals surface area contributed by atoms with Gasteiger partial charge in [0.2, 0.25) is 5.88 Å². The molecule has 6 heteroatoms. The van der Waals surface area contributed by atoms with Crippen molar-refractivity contribution in [2.45, 2.75) is 18.5 Å². The average Bonchev–Trinajstić information content (AvgIpc) is 2.80. The van der Waals surface area contributed by atoms with E-state index in [1.165, 1.54) is 17.3 Å². The van der Waals surface area contributed by atoms with E-state index in [4.69, 9.17) is 9.72 Å². The minimum atomic E-state index is 0.602. The summed E-state index contributed by atoms with van der Waals surface area (Å²) >= 11 is 1.54. The Labute approximate surface area is 180 Å². The summed E-state index contributed by atoms with van der Waals surface area (Å²) in [5.74, 6) is 0.626. The van der Waals surface area contributed by atoms with Crippen molar-refractivity contribution in [1.29, 1.82) is 0 Å². The summed E-state index contributed by atoms with van der Waals surface area (Å²) in [5, 5.41) is 0.773. The molecule has 0 amide bonds. The molecule has 0 fully saturated rings. The molecular formula is C24H22N4OS. The molecule has 0 spiro atoms. The lowest BCUT2D eigenvalue weighted by Crippen LogP contribution is -1.98. The van der Waals surface area contributed by atoms with Gasteiger partial charge in [-0.3, -0.25) is 4.98 Å². The SMILES string of the molecule is CCOc1ccc(-c2cccc(Cc3ccccc3-c3cnc(SC)nc3)n2)cn1. The van der Waals surface area contributed by atoms with Crippen LogP contribution in [-0.4, -0.2) is 32.8 Å². The highest BCUT2D eigenvalue weighted by atomic mass is 32.2.